The Balaban J connectivity index is 0.000000720. The van der Waals surface area contributed by atoms with Crippen LogP contribution in [0.5, 0.6) is 0 Å². The molecule has 1 aromatic heterocycles. The molecule has 0 unspecified atom stereocenters. The standard InChI is InChI=1S/C8H13N3.2ClH/c9-5-7-6-10-11-4-2-1-3-8(7)11;;/h6H,1-5,9H2;2*1H. The lowest BCUT2D eigenvalue weighted by molar-refractivity contribution is 0.484. The summed E-state index contributed by atoms with van der Waals surface area (Å²) in [6.07, 6.45) is 5.62. The Morgan fingerprint density at radius 3 is 2.85 bits per heavy atom. The number of nitrogens with zero attached hydrogens (tertiary/aromatic N) is 2. The monoisotopic (exact) mass is 223 g/mol. The highest BCUT2D eigenvalue weighted by Crippen LogP contribution is 2.16. The van der Waals surface area contributed by atoms with Gasteiger partial charge in [-0.25, -0.2) is 0 Å². The molecule has 0 bridgehead atoms. The first-order valence-corrected chi connectivity index (χ1v) is 4.15. The van der Waals surface area contributed by atoms with Crippen molar-refractivity contribution >= 4 is 24.8 Å². The average molecular weight is 224 g/mol. The van der Waals surface area contributed by atoms with Gasteiger partial charge in [0.25, 0.3) is 0 Å². The molecule has 0 saturated heterocycles. The summed E-state index contributed by atoms with van der Waals surface area (Å²) in [6.45, 7) is 1.71. The van der Waals surface area contributed by atoms with E-state index in [4.69, 9.17) is 5.73 Å². The molecule has 1 aliphatic rings. The van der Waals surface area contributed by atoms with Gasteiger partial charge in [0.15, 0.2) is 0 Å². The number of hydrogen-bond donors (Lipinski definition) is 1. The van der Waals surface area contributed by atoms with Gasteiger partial charge in [-0.3, -0.25) is 4.68 Å². The Morgan fingerprint density at radius 1 is 1.38 bits per heavy atom. The Hall–Kier alpha value is -0.250. The summed E-state index contributed by atoms with van der Waals surface area (Å²) in [6, 6.07) is 0. The lowest BCUT2D eigenvalue weighted by Crippen LogP contribution is -2.12. The van der Waals surface area contributed by atoms with Gasteiger partial charge in [0.2, 0.25) is 0 Å². The van der Waals surface area contributed by atoms with Crippen LogP contribution < -0.4 is 5.73 Å². The minimum absolute atomic E-state index is 0. The lowest BCUT2D eigenvalue weighted by atomic mass is 10.1. The second kappa shape index (κ2) is 5.47. The van der Waals surface area contributed by atoms with Crippen LogP contribution in [0.1, 0.15) is 24.1 Å². The van der Waals surface area contributed by atoms with E-state index >= 15 is 0 Å². The summed E-state index contributed by atoms with van der Waals surface area (Å²) in [5.41, 5.74) is 8.15. The molecular weight excluding hydrogens is 209 g/mol. The van der Waals surface area contributed by atoms with E-state index in [9.17, 15) is 0 Å². The van der Waals surface area contributed by atoms with Crippen LogP contribution in [0, 0.1) is 0 Å². The van der Waals surface area contributed by atoms with Gasteiger partial charge in [0.05, 0.1) is 6.20 Å². The van der Waals surface area contributed by atoms with Gasteiger partial charge in [-0.05, 0) is 19.3 Å². The zero-order chi connectivity index (χ0) is 7.68. The minimum Gasteiger partial charge on any atom is -0.326 e. The molecule has 0 aliphatic carbocycles. The van der Waals surface area contributed by atoms with Crippen molar-refractivity contribution < 1.29 is 0 Å². The summed E-state index contributed by atoms with van der Waals surface area (Å²) in [5, 5.41) is 4.26. The molecule has 0 fully saturated rings. The second-order valence-corrected chi connectivity index (χ2v) is 3.00. The molecule has 1 aromatic rings. The molecule has 0 amide bonds. The van der Waals surface area contributed by atoms with Crippen LogP contribution in [-0.2, 0) is 19.5 Å². The maximum atomic E-state index is 5.57. The van der Waals surface area contributed by atoms with Crippen LogP contribution in [-0.4, -0.2) is 9.78 Å². The Morgan fingerprint density at radius 2 is 2.15 bits per heavy atom. The molecule has 1 aliphatic heterocycles. The van der Waals surface area contributed by atoms with Crippen LogP contribution in [0.4, 0.5) is 0 Å². The van der Waals surface area contributed by atoms with E-state index < -0.39 is 0 Å². The number of nitrogens with two attached hydrogens (primary N) is 1. The Kier molecular flexibility index (Phi) is 5.37. The third kappa shape index (κ3) is 2.36. The molecule has 5 heteroatoms. The first-order valence-electron chi connectivity index (χ1n) is 4.15. The summed E-state index contributed by atoms with van der Waals surface area (Å²) >= 11 is 0. The number of aryl methyl sites for hydroxylation is 1. The zero-order valence-electron chi connectivity index (χ0n) is 7.40. The van der Waals surface area contributed by atoms with Gasteiger partial charge >= 0.3 is 0 Å². The van der Waals surface area contributed by atoms with Gasteiger partial charge in [0, 0.05) is 24.3 Å². The minimum atomic E-state index is 0. The van der Waals surface area contributed by atoms with E-state index in [1.54, 1.807) is 0 Å². The summed E-state index contributed by atoms with van der Waals surface area (Å²) in [5.74, 6) is 0. The van der Waals surface area contributed by atoms with Crippen molar-refractivity contribution in [2.75, 3.05) is 0 Å². The highest BCUT2D eigenvalue weighted by molar-refractivity contribution is 5.85. The van der Waals surface area contributed by atoms with Crippen LogP contribution in [0.3, 0.4) is 0 Å². The summed E-state index contributed by atoms with van der Waals surface area (Å²) in [7, 11) is 0. The van der Waals surface area contributed by atoms with Gasteiger partial charge in [-0.15, -0.1) is 24.8 Å². The third-order valence-corrected chi connectivity index (χ3v) is 2.29. The molecule has 0 aromatic carbocycles. The number of rotatable bonds is 1. The van der Waals surface area contributed by atoms with Crippen LogP contribution >= 0.6 is 24.8 Å². The first-order chi connectivity index (χ1) is 5.42. The second-order valence-electron chi connectivity index (χ2n) is 3.00. The molecule has 2 N–H and O–H groups in total. The summed E-state index contributed by atoms with van der Waals surface area (Å²) in [4.78, 5) is 0. The normalized spacial score (nSPS) is 13.9. The maximum Gasteiger partial charge on any atom is 0.0537 e. The predicted molar refractivity (Wildman–Crippen MR) is 57.6 cm³/mol. The molecule has 0 atom stereocenters. The topological polar surface area (TPSA) is 43.8 Å². The number of hydrogen-bond acceptors (Lipinski definition) is 2. The number of halogens is 2. The quantitative estimate of drug-likeness (QED) is 0.785. The largest absolute Gasteiger partial charge is 0.326 e. The number of fused-ring (bicyclic) bond motifs is 1. The lowest BCUT2D eigenvalue weighted by Gasteiger charge is -2.13. The van der Waals surface area contributed by atoms with Crippen LogP contribution in [0.2, 0.25) is 0 Å². The number of aromatic nitrogens is 2. The third-order valence-electron chi connectivity index (χ3n) is 2.29. The highest BCUT2D eigenvalue weighted by Gasteiger charge is 2.12. The summed E-state index contributed by atoms with van der Waals surface area (Å²) < 4.78 is 2.09. The van der Waals surface area contributed by atoms with Crippen molar-refractivity contribution in [1.29, 1.82) is 0 Å². The van der Waals surface area contributed by atoms with E-state index in [0.29, 0.717) is 6.54 Å². The van der Waals surface area contributed by atoms with Crippen molar-refractivity contribution in [2.45, 2.75) is 32.4 Å². The molecule has 2 heterocycles. The Labute approximate surface area is 90.5 Å². The smallest absolute Gasteiger partial charge is 0.0537 e. The average Bonchev–Trinajstić information content (AvgIpc) is 2.47. The van der Waals surface area contributed by atoms with Crippen molar-refractivity contribution in [2.24, 2.45) is 5.73 Å². The molecule has 0 saturated carbocycles. The molecule has 0 spiro atoms. The first kappa shape index (κ1) is 12.8. The van der Waals surface area contributed by atoms with Crippen LogP contribution in [0.15, 0.2) is 6.20 Å². The molecule has 0 radical (unpaired) electrons. The molecule has 3 nitrogen and oxygen atoms in total. The van der Waals surface area contributed by atoms with E-state index in [1.165, 1.54) is 24.1 Å². The fraction of sp³-hybridized carbons (Fsp3) is 0.625. The van der Waals surface area contributed by atoms with Gasteiger partial charge in [-0.2, -0.15) is 5.10 Å². The van der Waals surface area contributed by atoms with E-state index in [-0.39, 0.29) is 24.8 Å². The zero-order valence-corrected chi connectivity index (χ0v) is 9.03. The fourth-order valence-corrected chi connectivity index (χ4v) is 1.66. The van der Waals surface area contributed by atoms with Crippen LogP contribution in [0.25, 0.3) is 0 Å². The van der Waals surface area contributed by atoms with Crippen molar-refractivity contribution in [1.82, 2.24) is 9.78 Å². The maximum absolute atomic E-state index is 5.57. The predicted octanol–water partition coefficient (Wildman–Crippen LogP) is 1.52. The SMILES string of the molecule is Cl.Cl.NCc1cnn2c1CCCC2. The van der Waals surface area contributed by atoms with Crippen molar-refractivity contribution in [3.63, 3.8) is 0 Å². The van der Waals surface area contributed by atoms with Crippen molar-refractivity contribution in [3.8, 4) is 0 Å². The van der Waals surface area contributed by atoms with E-state index in [1.807, 2.05) is 6.20 Å². The fourth-order valence-electron chi connectivity index (χ4n) is 1.66. The molecule has 76 valence electrons. The van der Waals surface area contributed by atoms with E-state index in [0.717, 1.165) is 13.0 Å². The highest BCUT2D eigenvalue weighted by atomic mass is 35.5. The molecule has 13 heavy (non-hydrogen) atoms. The molecule has 2 rings (SSSR count). The molecular formula is C8H15Cl2N3. The van der Waals surface area contributed by atoms with E-state index in [2.05, 4.69) is 9.78 Å². The van der Waals surface area contributed by atoms with Crippen molar-refractivity contribution in [3.05, 3.63) is 17.5 Å². The van der Waals surface area contributed by atoms with Gasteiger partial charge < -0.3 is 5.73 Å². The Bertz CT molecular complexity index is 246. The van der Waals surface area contributed by atoms with Gasteiger partial charge in [-0.1, -0.05) is 0 Å². The van der Waals surface area contributed by atoms with Gasteiger partial charge in [0.1, 0.15) is 0 Å².